The molecule has 3 atom stereocenters. The van der Waals surface area contributed by atoms with Gasteiger partial charge in [0.2, 0.25) is 0 Å². The summed E-state index contributed by atoms with van der Waals surface area (Å²) < 4.78 is 6.10. The quantitative estimate of drug-likeness (QED) is 0.324. The average molecular weight is 477 g/mol. The molecule has 0 aromatic heterocycles. The molecule has 0 aromatic carbocycles. The lowest BCUT2D eigenvalue weighted by atomic mass is 9.54. The normalized spacial score (nSPS) is 34.2. The standard InChI is InChI=1S/C20H35N3O2.HI/c1-21-18(22-14-19(11-12-24)7-2-3-8-19)23-16-15-6-13-25-17(15)20(16)9-4-5-10-20;/h15-17,24H,2-14H2,1H3,(H2,21,22,23);1H. The summed E-state index contributed by atoms with van der Waals surface area (Å²) in [7, 11) is 1.88. The minimum absolute atomic E-state index is 0. The van der Waals surface area contributed by atoms with Crippen LogP contribution in [0, 0.1) is 16.7 Å². The van der Waals surface area contributed by atoms with Crippen molar-refractivity contribution in [2.75, 3.05) is 26.8 Å². The number of aliphatic hydroxyl groups is 1. The fraction of sp³-hybridized carbons (Fsp3) is 0.950. The number of rotatable bonds is 5. The molecule has 150 valence electrons. The van der Waals surface area contributed by atoms with E-state index in [0.29, 0.717) is 30.1 Å². The molecular formula is C20H36IN3O2. The number of nitrogens with zero attached hydrogens (tertiary/aromatic N) is 1. The van der Waals surface area contributed by atoms with Crippen molar-refractivity contribution in [3.05, 3.63) is 0 Å². The summed E-state index contributed by atoms with van der Waals surface area (Å²) in [6, 6.07) is 0.520. The van der Waals surface area contributed by atoms with E-state index in [1.165, 1.54) is 57.8 Å². The molecule has 3 N–H and O–H groups in total. The second kappa shape index (κ2) is 8.52. The number of aliphatic hydroxyl groups excluding tert-OH is 1. The van der Waals surface area contributed by atoms with Gasteiger partial charge in [-0.15, -0.1) is 24.0 Å². The third kappa shape index (κ3) is 3.50. The smallest absolute Gasteiger partial charge is 0.191 e. The van der Waals surface area contributed by atoms with Crippen molar-refractivity contribution >= 4 is 29.9 Å². The number of halogens is 1. The predicted molar refractivity (Wildman–Crippen MR) is 115 cm³/mol. The van der Waals surface area contributed by atoms with Gasteiger partial charge in [-0.25, -0.2) is 0 Å². The Bertz CT molecular complexity index is 501. The molecule has 3 unspecified atom stereocenters. The Kier molecular flexibility index (Phi) is 6.76. The lowest BCUT2D eigenvalue weighted by Gasteiger charge is -2.57. The Morgan fingerprint density at radius 1 is 1.15 bits per heavy atom. The van der Waals surface area contributed by atoms with Gasteiger partial charge >= 0.3 is 0 Å². The highest BCUT2D eigenvalue weighted by Gasteiger charge is 2.65. The Hall–Kier alpha value is -0.0800. The summed E-state index contributed by atoms with van der Waals surface area (Å²) >= 11 is 0. The number of guanidine groups is 1. The summed E-state index contributed by atoms with van der Waals surface area (Å²) in [5.74, 6) is 1.61. The lowest BCUT2D eigenvalue weighted by Crippen LogP contribution is -2.69. The van der Waals surface area contributed by atoms with Crippen LogP contribution in [-0.4, -0.2) is 50.0 Å². The highest BCUT2D eigenvalue weighted by atomic mass is 127. The van der Waals surface area contributed by atoms with Crippen LogP contribution in [0.1, 0.15) is 64.2 Å². The fourth-order valence-electron chi connectivity index (χ4n) is 6.39. The zero-order chi connectivity index (χ0) is 17.3. The van der Waals surface area contributed by atoms with E-state index >= 15 is 0 Å². The zero-order valence-electron chi connectivity index (χ0n) is 16.1. The average Bonchev–Trinajstić information content (AvgIpc) is 3.35. The van der Waals surface area contributed by atoms with Gasteiger partial charge in [-0.3, -0.25) is 4.99 Å². The fourth-order valence-corrected chi connectivity index (χ4v) is 6.39. The van der Waals surface area contributed by atoms with Crippen LogP contribution in [0.25, 0.3) is 0 Å². The van der Waals surface area contributed by atoms with E-state index in [2.05, 4.69) is 15.6 Å². The van der Waals surface area contributed by atoms with Gasteiger partial charge in [0, 0.05) is 44.2 Å². The molecule has 1 heterocycles. The number of nitrogens with one attached hydrogen (secondary N) is 2. The summed E-state index contributed by atoms with van der Waals surface area (Å²) in [6.45, 7) is 2.15. The van der Waals surface area contributed by atoms with Crippen LogP contribution in [0.3, 0.4) is 0 Å². The second-order valence-electron chi connectivity index (χ2n) is 8.91. The first-order valence-corrected chi connectivity index (χ1v) is 10.4. The number of hydrogen-bond donors (Lipinski definition) is 3. The van der Waals surface area contributed by atoms with Crippen molar-refractivity contribution in [1.29, 1.82) is 0 Å². The van der Waals surface area contributed by atoms with Crippen LogP contribution < -0.4 is 10.6 Å². The molecule has 0 amide bonds. The van der Waals surface area contributed by atoms with E-state index in [9.17, 15) is 5.11 Å². The molecule has 3 saturated carbocycles. The molecule has 4 rings (SSSR count). The van der Waals surface area contributed by atoms with Crippen LogP contribution in [0.5, 0.6) is 0 Å². The minimum Gasteiger partial charge on any atom is -0.396 e. The highest BCUT2D eigenvalue weighted by molar-refractivity contribution is 14.0. The summed E-state index contributed by atoms with van der Waals surface area (Å²) in [6.07, 6.45) is 12.9. The topological polar surface area (TPSA) is 65.9 Å². The number of ether oxygens (including phenoxy) is 1. The summed E-state index contributed by atoms with van der Waals surface area (Å²) in [5, 5.41) is 16.9. The molecular weight excluding hydrogens is 441 g/mol. The molecule has 0 aromatic rings. The second-order valence-corrected chi connectivity index (χ2v) is 8.91. The first-order chi connectivity index (χ1) is 12.2. The van der Waals surface area contributed by atoms with Crippen molar-refractivity contribution in [1.82, 2.24) is 10.6 Å². The molecule has 1 saturated heterocycles. The molecule has 4 aliphatic rings. The monoisotopic (exact) mass is 477 g/mol. The predicted octanol–water partition coefficient (Wildman–Crippen LogP) is 3.06. The van der Waals surface area contributed by atoms with Crippen LogP contribution in [0.4, 0.5) is 0 Å². The Morgan fingerprint density at radius 2 is 1.85 bits per heavy atom. The van der Waals surface area contributed by atoms with Gasteiger partial charge in [-0.1, -0.05) is 25.7 Å². The van der Waals surface area contributed by atoms with Gasteiger partial charge in [-0.05, 0) is 43.9 Å². The summed E-state index contributed by atoms with van der Waals surface area (Å²) in [5.41, 5.74) is 0.616. The van der Waals surface area contributed by atoms with Gasteiger partial charge in [0.05, 0.1) is 6.10 Å². The SMILES string of the molecule is CN=C(NCC1(CCO)CCCC1)NC1C2CCOC2C12CCCC2.I. The van der Waals surface area contributed by atoms with Crippen molar-refractivity contribution in [2.24, 2.45) is 21.7 Å². The van der Waals surface area contributed by atoms with Crippen molar-refractivity contribution in [3.8, 4) is 0 Å². The van der Waals surface area contributed by atoms with Gasteiger partial charge < -0.3 is 20.5 Å². The first-order valence-electron chi connectivity index (χ1n) is 10.4. The third-order valence-electron chi connectivity index (χ3n) is 7.74. The van der Waals surface area contributed by atoms with Crippen LogP contribution in [-0.2, 0) is 4.74 Å². The number of hydrogen-bond acceptors (Lipinski definition) is 3. The molecule has 3 aliphatic carbocycles. The molecule has 0 bridgehead atoms. The van der Waals surface area contributed by atoms with Crippen LogP contribution in [0.2, 0.25) is 0 Å². The Morgan fingerprint density at radius 3 is 2.50 bits per heavy atom. The molecule has 1 spiro atoms. The zero-order valence-corrected chi connectivity index (χ0v) is 18.5. The van der Waals surface area contributed by atoms with Crippen molar-refractivity contribution < 1.29 is 9.84 Å². The van der Waals surface area contributed by atoms with E-state index < -0.39 is 0 Å². The van der Waals surface area contributed by atoms with E-state index in [0.717, 1.165) is 25.5 Å². The van der Waals surface area contributed by atoms with Gasteiger partial charge in [0.1, 0.15) is 0 Å². The van der Waals surface area contributed by atoms with Crippen molar-refractivity contribution in [2.45, 2.75) is 76.4 Å². The molecule has 0 radical (unpaired) electrons. The van der Waals surface area contributed by atoms with E-state index in [1.54, 1.807) is 0 Å². The molecule has 4 fully saturated rings. The van der Waals surface area contributed by atoms with Gasteiger partial charge in [-0.2, -0.15) is 0 Å². The third-order valence-corrected chi connectivity index (χ3v) is 7.74. The Balaban J connectivity index is 0.00000196. The molecule has 26 heavy (non-hydrogen) atoms. The van der Waals surface area contributed by atoms with E-state index in [-0.39, 0.29) is 29.4 Å². The lowest BCUT2D eigenvalue weighted by molar-refractivity contribution is -0.125. The maximum atomic E-state index is 9.46. The van der Waals surface area contributed by atoms with E-state index in [4.69, 9.17) is 4.74 Å². The molecule has 5 nitrogen and oxygen atoms in total. The van der Waals surface area contributed by atoms with E-state index in [1.807, 2.05) is 7.05 Å². The van der Waals surface area contributed by atoms with Crippen LogP contribution >= 0.6 is 24.0 Å². The van der Waals surface area contributed by atoms with Gasteiger partial charge in [0.25, 0.3) is 0 Å². The number of fused-ring (bicyclic) bond motifs is 2. The highest BCUT2D eigenvalue weighted by Crippen LogP contribution is 2.60. The summed E-state index contributed by atoms with van der Waals surface area (Å²) in [4.78, 5) is 4.52. The maximum absolute atomic E-state index is 9.46. The minimum atomic E-state index is 0. The largest absolute Gasteiger partial charge is 0.396 e. The first kappa shape index (κ1) is 20.6. The van der Waals surface area contributed by atoms with Crippen molar-refractivity contribution in [3.63, 3.8) is 0 Å². The number of aliphatic imine (C=N–C) groups is 1. The maximum Gasteiger partial charge on any atom is 0.191 e. The molecule has 6 heteroatoms. The Labute approximate surface area is 175 Å². The van der Waals surface area contributed by atoms with Crippen LogP contribution in [0.15, 0.2) is 4.99 Å². The molecule has 1 aliphatic heterocycles. The van der Waals surface area contributed by atoms with Gasteiger partial charge in [0.15, 0.2) is 5.96 Å².